The van der Waals surface area contributed by atoms with E-state index in [2.05, 4.69) is 10.0 Å². The Labute approximate surface area is 119 Å². The van der Waals surface area contributed by atoms with Crippen molar-refractivity contribution in [3.63, 3.8) is 0 Å². The van der Waals surface area contributed by atoms with Crippen LogP contribution in [0.25, 0.3) is 0 Å². The van der Waals surface area contributed by atoms with Crippen LogP contribution in [0.4, 0.5) is 4.39 Å². The highest BCUT2D eigenvalue weighted by Crippen LogP contribution is 2.23. The molecule has 1 aromatic carbocycles. The predicted molar refractivity (Wildman–Crippen MR) is 76.4 cm³/mol. The maximum absolute atomic E-state index is 13.4. The first-order valence-corrected chi connectivity index (χ1v) is 8.52. The van der Waals surface area contributed by atoms with Crippen molar-refractivity contribution in [1.82, 2.24) is 10.0 Å². The van der Waals surface area contributed by atoms with Crippen LogP contribution in [0.3, 0.4) is 0 Å². The van der Waals surface area contributed by atoms with E-state index in [9.17, 15) is 12.8 Å². The Morgan fingerprint density at radius 1 is 1.35 bits per heavy atom. The van der Waals surface area contributed by atoms with Crippen LogP contribution in [-0.2, 0) is 16.6 Å². The number of sulfonamides is 1. The van der Waals surface area contributed by atoms with Crippen LogP contribution < -0.4 is 10.0 Å². The number of hydrogen-bond acceptors (Lipinski definition) is 3. The second kappa shape index (κ2) is 6.65. The first-order chi connectivity index (χ1) is 9.53. The molecule has 0 bridgehead atoms. The van der Waals surface area contributed by atoms with E-state index in [1.807, 2.05) is 6.92 Å². The molecule has 6 heteroatoms. The van der Waals surface area contributed by atoms with E-state index in [1.54, 1.807) is 0 Å². The Balaban J connectivity index is 2.20. The maximum atomic E-state index is 13.4. The fraction of sp³-hybridized carbons (Fsp3) is 0.571. The van der Waals surface area contributed by atoms with Crippen molar-refractivity contribution < 1.29 is 12.8 Å². The first kappa shape index (κ1) is 15.4. The number of rotatable bonds is 7. The summed E-state index contributed by atoms with van der Waals surface area (Å²) in [5, 5.41) is 3.15. The molecule has 4 nitrogen and oxygen atoms in total. The van der Waals surface area contributed by atoms with Gasteiger partial charge in [-0.25, -0.2) is 17.5 Å². The zero-order chi connectivity index (χ0) is 14.6. The van der Waals surface area contributed by atoms with Crippen molar-refractivity contribution in [3.8, 4) is 0 Å². The van der Waals surface area contributed by atoms with Crippen LogP contribution in [0.15, 0.2) is 23.1 Å². The Morgan fingerprint density at radius 3 is 2.70 bits per heavy atom. The van der Waals surface area contributed by atoms with Crippen molar-refractivity contribution in [2.75, 3.05) is 6.54 Å². The highest BCUT2D eigenvalue weighted by Gasteiger charge is 2.26. The number of halogens is 1. The molecule has 0 saturated heterocycles. The highest BCUT2D eigenvalue weighted by atomic mass is 32.2. The van der Waals surface area contributed by atoms with E-state index in [0.29, 0.717) is 12.1 Å². The van der Waals surface area contributed by atoms with Gasteiger partial charge in [-0.1, -0.05) is 19.4 Å². The lowest BCUT2D eigenvalue weighted by atomic mass is 9.94. The largest absolute Gasteiger partial charge is 0.313 e. The minimum Gasteiger partial charge on any atom is -0.313 e. The normalized spacial score (nSPS) is 16.1. The van der Waals surface area contributed by atoms with E-state index < -0.39 is 15.8 Å². The standard InChI is InChI=1S/C14H21FN2O2S/c1-2-8-16-10-11-6-7-12(15)9-14(11)20(18,19)17-13-4-3-5-13/h6-7,9,13,16-17H,2-5,8,10H2,1H3. The summed E-state index contributed by atoms with van der Waals surface area (Å²) in [5.41, 5.74) is 0.603. The Bertz CT molecular complexity index is 556. The Kier molecular flexibility index (Phi) is 5.12. The van der Waals surface area contributed by atoms with Gasteiger partial charge in [-0.05, 0) is 43.5 Å². The molecule has 0 atom stereocenters. The minimum atomic E-state index is -3.64. The molecule has 0 aromatic heterocycles. The zero-order valence-corrected chi connectivity index (χ0v) is 12.5. The summed E-state index contributed by atoms with van der Waals surface area (Å²) < 4.78 is 40.7. The van der Waals surface area contributed by atoms with Crippen LogP contribution >= 0.6 is 0 Å². The predicted octanol–water partition coefficient (Wildman–Crippen LogP) is 2.16. The summed E-state index contributed by atoms with van der Waals surface area (Å²) in [6.07, 6.45) is 3.72. The lowest BCUT2D eigenvalue weighted by Crippen LogP contribution is -2.39. The van der Waals surface area contributed by atoms with Crippen LogP contribution in [-0.4, -0.2) is 21.0 Å². The van der Waals surface area contributed by atoms with Gasteiger partial charge >= 0.3 is 0 Å². The molecule has 2 rings (SSSR count). The van der Waals surface area contributed by atoms with E-state index in [0.717, 1.165) is 38.3 Å². The van der Waals surface area contributed by atoms with Crippen LogP contribution in [0, 0.1) is 5.82 Å². The monoisotopic (exact) mass is 300 g/mol. The second-order valence-electron chi connectivity index (χ2n) is 5.18. The average Bonchev–Trinajstić information content (AvgIpc) is 2.36. The molecule has 1 aromatic rings. The van der Waals surface area contributed by atoms with Gasteiger partial charge in [0.25, 0.3) is 0 Å². The van der Waals surface area contributed by atoms with E-state index in [-0.39, 0.29) is 10.9 Å². The molecule has 0 spiro atoms. The van der Waals surface area contributed by atoms with E-state index in [4.69, 9.17) is 0 Å². The molecule has 20 heavy (non-hydrogen) atoms. The number of benzene rings is 1. The third-order valence-corrected chi connectivity index (χ3v) is 5.09. The molecular formula is C14H21FN2O2S. The summed E-state index contributed by atoms with van der Waals surface area (Å²) in [5.74, 6) is -0.529. The van der Waals surface area contributed by atoms with Gasteiger partial charge in [0, 0.05) is 12.6 Å². The molecule has 1 aliphatic carbocycles. The summed E-state index contributed by atoms with van der Waals surface area (Å²) in [7, 11) is -3.64. The first-order valence-electron chi connectivity index (χ1n) is 7.04. The molecule has 0 unspecified atom stereocenters. The van der Waals surface area contributed by atoms with E-state index >= 15 is 0 Å². The summed E-state index contributed by atoms with van der Waals surface area (Å²) >= 11 is 0. The highest BCUT2D eigenvalue weighted by molar-refractivity contribution is 7.89. The summed E-state index contributed by atoms with van der Waals surface area (Å²) in [4.78, 5) is 0.0491. The van der Waals surface area contributed by atoms with Gasteiger partial charge in [-0.3, -0.25) is 0 Å². The van der Waals surface area contributed by atoms with Gasteiger partial charge < -0.3 is 5.32 Å². The van der Waals surface area contributed by atoms with Crippen LogP contribution in [0.2, 0.25) is 0 Å². The zero-order valence-electron chi connectivity index (χ0n) is 11.7. The van der Waals surface area contributed by atoms with Gasteiger partial charge in [-0.15, -0.1) is 0 Å². The Hall–Kier alpha value is -0.980. The summed E-state index contributed by atoms with van der Waals surface area (Å²) in [6.45, 7) is 3.26. The minimum absolute atomic E-state index is 0.000261. The fourth-order valence-corrected chi connectivity index (χ4v) is 3.69. The molecule has 1 fully saturated rings. The number of nitrogens with one attached hydrogen (secondary N) is 2. The average molecular weight is 300 g/mol. The van der Waals surface area contributed by atoms with E-state index in [1.165, 1.54) is 12.1 Å². The lowest BCUT2D eigenvalue weighted by molar-refractivity contribution is 0.383. The smallest absolute Gasteiger partial charge is 0.241 e. The van der Waals surface area contributed by atoms with Crippen LogP contribution in [0.1, 0.15) is 38.2 Å². The van der Waals surface area contributed by atoms with Crippen molar-refractivity contribution in [1.29, 1.82) is 0 Å². The SMILES string of the molecule is CCCNCc1ccc(F)cc1S(=O)(=O)NC1CCC1. The number of hydrogen-bond donors (Lipinski definition) is 2. The van der Waals surface area contributed by atoms with Crippen molar-refractivity contribution in [3.05, 3.63) is 29.6 Å². The third-order valence-electron chi connectivity index (χ3n) is 3.49. The molecule has 0 radical (unpaired) electrons. The van der Waals surface area contributed by atoms with Gasteiger partial charge in [0.1, 0.15) is 5.82 Å². The molecule has 0 heterocycles. The molecule has 112 valence electrons. The van der Waals surface area contributed by atoms with Crippen molar-refractivity contribution >= 4 is 10.0 Å². The van der Waals surface area contributed by atoms with Crippen LogP contribution in [0.5, 0.6) is 0 Å². The van der Waals surface area contributed by atoms with Gasteiger partial charge in [0.15, 0.2) is 0 Å². The van der Waals surface area contributed by atoms with Crippen molar-refractivity contribution in [2.45, 2.75) is 50.1 Å². The second-order valence-corrected chi connectivity index (χ2v) is 6.86. The molecule has 1 aliphatic rings. The third kappa shape index (κ3) is 3.77. The van der Waals surface area contributed by atoms with Crippen molar-refractivity contribution in [2.24, 2.45) is 0 Å². The molecule has 0 aliphatic heterocycles. The quantitative estimate of drug-likeness (QED) is 0.759. The molecule has 0 amide bonds. The van der Waals surface area contributed by atoms with Gasteiger partial charge in [0.2, 0.25) is 10.0 Å². The van der Waals surface area contributed by atoms with Gasteiger partial charge in [0.05, 0.1) is 4.90 Å². The summed E-state index contributed by atoms with van der Waals surface area (Å²) in [6, 6.07) is 3.93. The lowest BCUT2D eigenvalue weighted by Gasteiger charge is -2.26. The molecular weight excluding hydrogens is 279 g/mol. The fourth-order valence-electron chi connectivity index (χ4n) is 2.13. The maximum Gasteiger partial charge on any atom is 0.241 e. The molecule has 1 saturated carbocycles. The van der Waals surface area contributed by atoms with Gasteiger partial charge in [-0.2, -0.15) is 0 Å². The Morgan fingerprint density at radius 2 is 2.10 bits per heavy atom. The topological polar surface area (TPSA) is 58.2 Å². The molecule has 2 N–H and O–H groups in total.